The number of benzene rings is 1. The van der Waals surface area contributed by atoms with Gasteiger partial charge in [-0.1, -0.05) is 6.07 Å². The summed E-state index contributed by atoms with van der Waals surface area (Å²) >= 11 is 1.51. The van der Waals surface area contributed by atoms with Gasteiger partial charge in [0.15, 0.2) is 0 Å². The van der Waals surface area contributed by atoms with Gasteiger partial charge < -0.3 is 14.3 Å². The minimum absolute atomic E-state index is 0.674. The van der Waals surface area contributed by atoms with Crippen LogP contribution in [0.5, 0.6) is 0 Å². The Bertz CT molecular complexity index is 853. The van der Waals surface area contributed by atoms with Gasteiger partial charge in [-0.3, -0.25) is 0 Å². The molecule has 2 N–H and O–H groups in total. The molecule has 5 nitrogen and oxygen atoms in total. The van der Waals surface area contributed by atoms with Crippen molar-refractivity contribution in [3.8, 4) is 6.07 Å². The Morgan fingerprint density at radius 1 is 1.38 bits per heavy atom. The summed E-state index contributed by atoms with van der Waals surface area (Å²) in [4.78, 5) is 7.46. The summed E-state index contributed by atoms with van der Waals surface area (Å²) in [5.74, 6) is 0.972. The smallest absolute Gasteiger partial charge is 0.115 e. The number of aryl methyl sites for hydroxylation is 2. The van der Waals surface area contributed by atoms with E-state index in [1.807, 2.05) is 43.8 Å². The first-order valence-electron chi connectivity index (χ1n) is 6.53. The monoisotopic (exact) mass is 297 g/mol. The first-order chi connectivity index (χ1) is 10.1. The van der Waals surface area contributed by atoms with E-state index in [1.165, 1.54) is 11.9 Å². The molecule has 0 spiro atoms. The lowest BCUT2D eigenvalue weighted by molar-refractivity contribution is 0.786. The van der Waals surface area contributed by atoms with E-state index in [2.05, 4.69) is 20.8 Å². The van der Waals surface area contributed by atoms with Gasteiger partial charge in [0.25, 0.3) is 0 Å². The number of aromatic nitrogens is 3. The van der Waals surface area contributed by atoms with Crippen LogP contribution in [-0.2, 0) is 7.05 Å². The van der Waals surface area contributed by atoms with Crippen molar-refractivity contribution in [1.82, 2.24) is 14.5 Å². The maximum atomic E-state index is 9.18. The predicted molar refractivity (Wildman–Crippen MR) is 85.2 cm³/mol. The van der Waals surface area contributed by atoms with Crippen LogP contribution in [0.1, 0.15) is 17.0 Å². The standard InChI is InChI=1S/C15H15N5S/c1-9-4-5-12(15-14(9)11(6-16)7-18-15)19-21-13-8-17-10(2)20(13)3/h4-5,7-8,18-19H,1-3H3. The van der Waals surface area contributed by atoms with Crippen molar-refractivity contribution in [3.05, 3.63) is 41.5 Å². The lowest BCUT2D eigenvalue weighted by Gasteiger charge is -2.09. The number of hydrogen-bond acceptors (Lipinski definition) is 4. The Balaban J connectivity index is 1.95. The summed E-state index contributed by atoms with van der Waals surface area (Å²) in [7, 11) is 1.99. The molecule has 0 saturated heterocycles. The number of nitrogens with zero attached hydrogens (tertiary/aromatic N) is 3. The summed E-state index contributed by atoms with van der Waals surface area (Å²) in [5.41, 5.74) is 3.68. The number of aromatic amines is 1. The van der Waals surface area contributed by atoms with Crippen molar-refractivity contribution in [2.24, 2.45) is 7.05 Å². The molecule has 106 valence electrons. The summed E-state index contributed by atoms with van der Waals surface area (Å²) in [5, 5.41) is 11.2. The van der Waals surface area contributed by atoms with Crippen molar-refractivity contribution in [1.29, 1.82) is 5.26 Å². The van der Waals surface area contributed by atoms with Gasteiger partial charge in [-0.15, -0.1) is 0 Å². The predicted octanol–water partition coefficient (Wildman–Crippen LogP) is 3.51. The molecule has 0 amide bonds. The van der Waals surface area contributed by atoms with E-state index < -0.39 is 0 Å². The first kappa shape index (κ1) is 13.6. The van der Waals surface area contributed by atoms with Crippen LogP contribution in [-0.4, -0.2) is 14.5 Å². The van der Waals surface area contributed by atoms with E-state index in [9.17, 15) is 5.26 Å². The second-order valence-electron chi connectivity index (χ2n) is 4.90. The van der Waals surface area contributed by atoms with E-state index in [4.69, 9.17) is 0 Å². The summed E-state index contributed by atoms with van der Waals surface area (Å²) in [6.07, 6.45) is 3.59. The molecule has 0 atom stereocenters. The molecule has 0 unspecified atom stereocenters. The van der Waals surface area contributed by atoms with E-state index in [1.54, 1.807) is 6.20 Å². The van der Waals surface area contributed by atoms with Gasteiger partial charge >= 0.3 is 0 Å². The molecule has 2 heterocycles. The van der Waals surface area contributed by atoms with Crippen LogP contribution in [0.2, 0.25) is 0 Å². The molecule has 2 aromatic heterocycles. The van der Waals surface area contributed by atoms with Gasteiger partial charge in [-0.05, 0) is 25.5 Å². The molecule has 0 aliphatic heterocycles. The van der Waals surface area contributed by atoms with E-state index in [0.29, 0.717) is 5.56 Å². The number of anilines is 1. The third kappa shape index (κ3) is 2.26. The number of imidazole rings is 1. The molecule has 3 aromatic rings. The van der Waals surface area contributed by atoms with Crippen LogP contribution in [0.4, 0.5) is 5.69 Å². The van der Waals surface area contributed by atoms with Gasteiger partial charge in [-0.25, -0.2) is 4.98 Å². The average Bonchev–Trinajstić information content (AvgIpc) is 3.05. The molecule has 0 saturated carbocycles. The van der Waals surface area contributed by atoms with Gasteiger partial charge in [0.1, 0.15) is 16.9 Å². The van der Waals surface area contributed by atoms with Gasteiger partial charge in [-0.2, -0.15) is 5.26 Å². The Kier molecular flexibility index (Phi) is 3.35. The fourth-order valence-corrected chi connectivity index (χ4v) is 3.04. The molecule has 0 fully saturated rings. The number of hydrogen-bond donors (Lipinski definition) is 2. The minimum atomic E-state index is 0.674. The Morgan fingerprint density at radius 3 is 2.86 bits per heavy atom. The minimum Gasteiger partial charge on any atom is -0.358 e. The fourth-order valence-electron chi connectivity index (χ4n) is 2.28. The summed E-state index contributed by atoms with van der Waals surface area (Å²) in [6, 6.07) is 6.27. The zero-order valence-corrected chi connectivity index (χ0v) is 12.9. The fraction of sp³-hybridized carbons (Fsp3) is 0.200. The van der Waals surface area contributed by atoms with Crippen LogP contribution >= 0.6 is 11.9 Å². The average molecular weight is 297 g/mol. The largest absolute Gasteiger partial charge is 0.358 e. The Labute approximate surface area is 127 Å². The second kappa shape index (κ2) is 5.19. The quantitative estimate of drug-likeness (QED) is 0.726. The molecule has 3 rings (SSSR count). The van der Waals surface area contributed by atoms with Crippen LogP contribution in [0.25, 0.3) is 10.9 Å². The molecule has 0 aliphatic rings. The molecule has 1 aromatic carbocycles. The van der Waals surface area contributed by atoms with Crippen molar-refractivity contribution < 1.29 is 0 Å². The van der Waals surface area contributed by atoms with E-state index in [-0.39, 0.29) is 0 Å². The third-order valence-corrected chi connectivity index (χ3v) is 4.52. The Hall–Kier alpha value is -2.39. The highest BCUT2D eigenvalue weighted by atomic mass is 32.2. The maximum Gasteiger partial charge on any atom is 0.115 e. The number of nitriles is 1. The number of nitrogens with one attached hydrogen (secondary N) is 2. The van der Waals surface area contributed by atoms with Crippen LogP contribution in [0, 0.1) is 25.2 Å². The van der Waals surface area contributed by atoms with Crippen molar-refractivity contribution in [3.63, 3.8) is 0 Å². The lowest BCUT2D eigenvalue weighted by atomic mass is 10.1. The highest BCUT2D eigenvalue weighted by Gasteiger charge is 2.11. The van der Waals surface area contributed by atoms with Crippen LogP contribution in [0.15, 0.2) is 29.6 Å². The molecule has 6 heteroatoms. The number of H-pyrrole nitrogens is 1. The van der Waals surface area contributed by atoms with Crippen molar-refractivity contribution >= 4 is 28.5 Å². The molecular formula is C15H15N5S. The van der Waals surface area contributed by atoms with Gasteiger partial charge in [0.2, 0.25) is 0 Å². The first-order valence-corrected chi connectivity index (χ1v) is 7.35. The highest BCUT2D eigenvalue weighted by Crippen LogP contribution is 2.31. The normalized spacial score (nSPS) is 10.8. The highest BCUT2D eigenvalue weighted by molar-refractivity contribution is 8.00. The summed E-state index contributed by atoms with van der Waals surface area (Å²) < 4.78 is 5.36. The number of rotatable bonds is 3. The summed E-state index contributed by atoms with van der Waals surface area (Å²) in [6.45, 7) is 3.98. The molecule has 0 radical (unpaired) electrons. The molecule has 21 heavy (non-hydrogen) atoms. The molecular weight excluding hydrogens is 282 g/mol. The lowest BCUT2D eigenvalue weighted by Crippen LogP contribution is -1.96. The second-order valence-corrected chi connectivity index (χ2v) is 5.73. The number of fused-ring (bicyclic) bond motifs is 1. The zero-order valence-electron chi connectivity index (χ0n) is 12.1. The van der Waals surface area contributed by atoms with Crippen LogP contribution < -0.4 is 4.72 Å². The van der Waals surface area contributed by atoms with E-state index in [0.717, 1.165) is 33.0 Å². The third-order valence-electron chi connectivity index (χ3n) is 3.61. The van der Waals surface area contributed by atoms with Crippen LogP contribution in [0.3, 0.4) is 0 Å². The Morgan fingerprint density at radius 2 is 2.19 bits per heavy atom. The maximum absolute atomic E-state index is 9.18. The topological polar surface area (TPSA) is 69.4 Å². The van der Waals surface area contributed by atoms with E-state index >= 15 is 0 Å². The van der Waals surface area contributed by atoms with Gasteiger partial charge in [0.05, 0.1) is 23.0 Å². The van der Waals surface area contributed by atoms with Gasteiger partial charge in [0, 0.05) is 30.6 Å². The molecule has 0 bridgehead atoms. The molecule has 0 aliphatic carbocycles. The SMILES string of the molecule is Cc1ccc(NSc2cnc(C)n2C)c2[nH]cc(C#N)c12. The zero-order chi connectivity index (χ0) is 15.0. The van der Waals surface area contributed by atoms with Crippen molar-refractivity contribution in [2.45, 2.75) is 18.9 Å². The van der Waals surface area contributed by atoms with Crippen molar-refractivity contribution in [2.75, 3.05) is 4.72 Å².